The van der Waals surface area contributed by atoms with E-state index < -0.39 is 0 Å². The summed E-state index contributed by atoms with van der Waals surface area (Å²) in [7, 11) is 0. The fourth-order valence-corrected chi connectivity index (χ4v) is 2.50. The first-order valence-electron chi connectivity index (χ1n) is 5.04. The fourth-order valence-electron chi connectivity index (χ4n) is 2.50. The van der Waals surface area contributed by atoms with E-state index in [1.165, 1.54) is 32.2 Å². The van der Waals surface area contributed by atoms with Crippen LogP contribution in [0.1, 0.15) is 32.1 Å². The molecule has 12 heavy (non-hydrogen) atoms. The Balaban J connectivity index is 1.95. The van der Waals surface area contributed by atoms with Crippen LogP contribution in [0.5, 0.6) is 0 Å². The first kappa shape index (κ1) is 8.07. The van der Waals surface area contributed by atoms with Gasteiger partial charge in [0.2, 0.25) is 0 Å². The molecule has 2 heteroatoms. The Bertz CT molecular complexity index is 195. The molecule has 0 amide bonds. The molecule has 2 atom stereocenters. The summed E-state index contributed by atoms with van der Waals surface area (Å²) in [6.07, 6.45) is 6.51. The molecule has 0 spiro atoms. The molecule has 0 bridgehead atoms. The molecular weight excluding hydrogens is 148 g/mol. The molecule has 2 fully saturated rings. The van der Waals surface area contributed by atoms with Gasteiger partial charge >= 0.3 is 0 Å². The highest BCUT2D eigenvalue weighted by Crippen LogP contribution is 2.28. The van der Waals surface area contributed by atoms with Crippen LogP contribution < -0.4 is 0 Å². The topological polar surface area (TPSA) is 27.0 Å². The van der Waals surface area contributed by atoms with Crippen molar-refractivity contribution in [2.24, 2.45) is 5.92 Å². The van der Waals surface area contributed by atoms with Gasteiger partial charge in [-0.05, 0) is 32.2 Å². The average molecular weight is 164 g/mol. The van der Waals surface area contributed by atoms with Gasteiger partial charge in [-0.15, -0.1) is 0 Å². The summed E-state index contributed by atoms with van der Waals surface area (Å²) in [6.45, 7) is 2.28. The third-order valence-electron chi connectivity index (χ3n) is 3.23. The van der Waals surface area contributed by atoms with Gasteiger partial charge in [0, 0.05) is 12.6 Å². The van der Waals surface area contributed by atoms with Crippen molar-refractivity contribution >= 4 is 0 Å². The summed E-state index contributed by atoms with van der Waals surface area (Å²) < 4.78 is 0. The van der Waals surface area contributed by atoms with Crippen molar-refractivity contribution in [2.75, 3.05) is 13.1 Å². The third-order valence-corrected chi connectivity index (χ3v) is 3.23. The molecule has 66 valence electrons. The lowest BCUT2D eigenvalue weighted by Gasteiger charge is -2.40. The van der Waals surface area contributed by atoms with Crippen molar-refractivity contribution in [1.82, 2.24) is 4.90 Å². The normalized spacial score (nSPS) is 36.9. The number of fused-ring (bicyclic) bond motifs is 1. The van der Waals surface area contributed by atoms with Gasteiger partial charge in [-0.3, -0.25) is 4.90 Å². The predicted octanol–water partition coefficient (Wildman–Crippen LogP) is 1.77. The van der Waals surface area contributed by atoms with Crippen molar-refractivity contribution < 1.29 is 0 Å². The summed E-state index contributed by atoms with van der Waals surface area (Å²) in [5, 5.41) is 8.80. The minimum absolute atomic E-state index is 0.319. The summed E-state index contributed by atoms with van der Waals surface area (Å²) >= 11 is 0. The second kappa shape index (κ2) is 3.45. The highest BCUT2D eigenvalue weighted by molar-refractivity contribution is 4.93. The lowest BCUT2D eigenvalue weighted by molar-refractivity contribution is 0.0904. The maximum absolute atomic E-state index is 8.80. The van der Waals surface area contributed by atoms with E-state index in [0.29, 0.717) is 5.92 Å². The van der Waals surface area contributed by atoms with E-state index in [-0.39, 0.29) is 0 Å². The van der Waals surface area contributed by atoms with E-state index in [4.69, 9.17) is 5.26 Å². The Labute approximate surface area is 74.2 Å². The van der Waals surface area contributed by atoms with E-state index >= 15 is 0 Å². The van der Waals surface area contributed by atoms with Crippen LogP contribution in [0, 0.1) is 17.2 Å². The van der Waals surface area contributed by atoms with E-state index in [2.05, 4.69) is 11.0 Å². The Morgan fingerprint density at radius 3 is 2.92 bits per heavy atom. The molecule has 0 aromatic rings. The Morgan fingerprint density at radius 1 is 1.17 bits per heavy atom. The third kappa shape index (κ3) is 1.47. The van der Waals surface area contributed by atoms with Gasteiger partial charge in [-0.2, -0.15) is 5.26 Å². The quantitative estimate of drug-likeness (QED) is 0.545. The summed E-state index contributed by atoms with van der Waals surface area (Å²) in [6, 6.07) is 3.22. The number of rotatable bonds is 0. The zero-order chi connectivity index (χ0) is 8.39. The minimum Gasteiger partial charge on any atom is -0.299 e. The number of nitrogens with zero attached hydrogens (tertiary/aromatic N) is 2. The maximum Gasteiger partial charge on any atom is 0.0669 e. The van der Waals surface area contributed by atoms with Gasteiger partial charge in [-0.1, -0.05) is 6.42 Å². The van der Waals surface area contributed by atoms with E-state index in [1.807, 2.05) is 0 Å². The largest absolute Gasteiger partial charge is 0.299 e. The van der Waals surface area contributed by atoms with Crippen LogP contribution in [0.3, 0.4) is 0 Å². The minimum atomic E-state index is 0.319. The molecule has 0 radical (unpaired) electrons. The van der Waals surface area contributed by atoms with Crippen LogP contribution in [0.25, 0.3) is 0 Å². The summed E-state index contributed by atoms with van der Waals surface area (Å²) in [5.74, 6) is 0.319. The van der Waals surface area contributed by atoms with Crippen molar-refractivity contribution in [3.05, 3.63) is 0 Å². The van der Waals surface area contributed by atoms with Crippen LogP contribution in [-0.4, -0.2) is 24.0 Å². The molecule has 2 unspecified atom stereocenters. The SMILES string of the molecule is N#CC1CCC2CCCCN2C1. The Hall–Kier alpha value is -0.550. The van der Waals surface area contributed by atoms with Gasteiger partial charge < -0.3 is 0 Å². The van der Waals surface area contributed by atoms with Crippen LogP contribution in [0.2, 0.25) is 0 Å². The van der Waals surface area contributed by atoms with E-state index in [1.54, 1.807) is 0 Å². The predicted molar refractivity (Wildman–Crippen MR) is 47.5 cm³/mol. The first-order valence-corrected chi connectivity index (χ1v) is 5.04. The van der Waals surface area contributed by atoms with Crippen molar-refractivity contribution in [3.63, 3.8) is 0 Å². The molecule has 2 saturated heterocycles. The molecule has 0 aromatic carbocycles. The smallest absolute Gasteiger partial charge is 0.0669 e. The molecule has 2 heterocycles. The molecular formula is C10H16N2. The van der Waals surface area contributed by atoms with Gasteiger partial charge in [0.15, 0.2) is 0 Å². The molecule has 2 nitrogen and oxygen atoms in total. The second-order valence-corrected chi connectivity index (χ2v) is 4.05. The zero-order valence-corrected chi connectivity index (χ0v) is 7.50. The van der Waals surface area contributed by atoms with Gasteiger partial charge in [0.1, 0.15) is 0 Å². The van der Waals surface area contributed by atoms with Crippen LogP contribution in [0.4, 0.5) is 0 Å². The monoisotopic (exact) mass is 164 g/mol. The van der Waals surface area contributed by atoms with Crippen LogP contribution in [0.15, 0.2) is 0 Å². The Kier molecular flexibility index (Phi) is 2.32. The van der Waals surface area contributed by atoms with Crippen molar-refractivity contribution in [1.29, 1.82) is 5.26 Å². The van der Waals surface area contributed by atoms with Crippen LogP contribution >= 0.6 is 0 Å². The molecule has 0 aliphatic carbocycles. The molecule has 2 aliphatic heterocycles. The molecule has 2 aliphatic rings. The van der Waals surface area contributed by atoms with Crippen LogP contribution in [-0.2, 0) is 0 Å². The van der Waals surface area contributed by atoms with Gasteiger partial charge in [-0.25, -0.2) is 0 Å². The van der Waals surface area contributed by atoms with E-state index in [0.717, 1.165) is 19.0 Å². The summed E-state index contributed by atoms with van der Waals surface area (Å²) in [4.78, 5) is 2.53. The lowest BCUT2D eigenvalue weighted by atomic mass is 9.88. The van der Waals surface area contributed by atoms with Gasteiger partial charge in [0.25, 0.3) is 0 Å². The molecule has 0 aromatic heterocycles. The van der Waals surface area contributed by atoms with E-state index in [9.17, 15) is 0 Å². The average Bonchev–Trinajstić information content (AvgIpc) is 2.17. The highest BCUT2D eigenvalue weighted by atomic mass is 15.2. The maximum atomic E-state index is 8.80. The summed E-state index contributed by atoms with van der Waals surface area (Å²) in [5.41, 5.74) is 0. The van der Waals surface area contributed by atoms with Gasteiger partial charge in [0.05, 0.1) is 12.0 Å². The molecule has 0 saturated carbocycles. The molecule has 2 rings (SSSR count). The van der Waals surface area contributed by atoms with Crippen molar-refractivity contribution in [2.45, 2.75) is 38.1 Å². The lowest BCUT2D eigenvalue weighted by Crippen LogP contribution is -2.45. The number of piperidine rings is 2. The first-order chi connectivity index (χ1) is 5.90. The number of hydrogen-bond acceptors (Lipinski definition) is 2. The zero-order valence-electron chi connectivity index (χ0n) is 7.50. The van der Waals surface area contributed by atoms with Crippen molar-refractivity contribution in [3.8, 4) is 6.07 Å². The standard InChI is InChI=1S/C10H16N2/c11-7-9-4-5-10-3-1-2-6-12(10)8-9/h9-10H,1-6,8H2. The highest BCUT2D eigenvalue weighted by Gasteiger charge is 2.29. The number of nitriles is 1. The second-order valence-electron chi connectivity index (χ2n) is 4.05. The number of hydrogen-bond donors (Lipinski definition) is 0. The Morgan fingerprint density at radius 2 is 2.08 bits per heavy atom. The fraction of sp³-hybridized carbons (Fsp3) is 0.900. The molecule has 0 N–H and O–H groups in total.